The number of rotatable bonds is 7. The van der Waals surface area contributed by atoms with Crippen molar-refractivity contribution in [2.45, 2.75) is 58.4 Å². The molecule has 1 aromatic heterocycles. The van der Waals surface area contributed by atoms with Crippen LogP contribution in [-0.4, -0.2) is 41.5 Å². The Morgan fingerprint density at radius 3 is 2.29 bits per heavy atom. The second-order valence-corrected chi connectivity index (χ2v) is 9.96. The van der Waals surface area contributed by atoms with E-state index < -0.39 is 16.0 Å². The van der Waals surface area contributed by atoms with Crippen molar-refractivity contribution in [2.24, 2.45) is 0 Å². The molecule has 1 N–H and O–H groups in total. The van der Waals surface area contributed by atoms with Gasteiger partial charge in [0.25, 0.3) is 0 Å². The first kappa shape index (κ1) is 23.2. The number of carboxylic acids is 1. The normalized spacial score (nSPS) is 15.9. The third kappa shape index (κ3) is 4.45. The van der Waals surface area contributed by atoms with Crippen LogP contribution in [0.3, 0.4) is 0 Å². The molecule has 2 aromatic rings. The summed E-state index contributed by atoms with van der Waals surface area (Å²) in [5.74, 6) is -1.34. The van der Waals surface area contributed by atoms with Gasteiger partial charge in [-0.15, -0.1) is 0 Å². The highest BCUT2D eigenvalue weighted by molar-refractivity contribution is 7.89. The first-order valence-corrected chi connectivity index (χ1v) is 11.8. The Hall–Kier alpha value is -2.45. The molecule has 8 heteroatoms. The number of sulfonamides is 1. The molecule has 0 amide bonds. The molecule has 0 aliphatic carbocycles. The molecule has 3 rings (SSSR count). The van der Waals surface area contributed by atoms with E-state index in [0.717, 1.165) is 18.4 Å². The maximum atomic E-state index is 14.2. The summed E-state index contributed by atoms with van der Waals surface area (Å²) in [6.45, 7) is 7.39. The van der Waals surface area contributed by atoms with Crippen LogP contribution in [0.25, 0.3) is 5.57 Å². The summed E-state index contributed by atoms with van der Waals surface area (Å²) in [6, 6.07) is 6.88. The van der Waals surface area contributed by atoms with Gasteiger partial charge in [-0.25, -0.2) is 12.8 Å². The zero-order valence-electron chi connectivity index (χ0n) is 18.4. The van der Waals surface area contributed by atoms with E-state index in [1.807, 2.05) is 0 Å². The summed E-state index contributed by atoms with van der Waals surface area (Å²) in [6.07, 6.45) is 1.96. The van der Waals surface area contributed by atoms with Crippen LogP contribution in [0.5, 0.6) is 0 Å². The molecule has 0 saturated carbocycles. The predicted octanol–water partition coefficient (Wildman–Crippen LogP) is 4.29. The van der Waals surface area contributed by atoms with Gasteiger partial charge in [0.05, 0.1) is 4.90 Å². The lowest BCUT2D eigenvalue weighted by Gasteiger charge is -2.18. The quantitative estimate of drug-likeness (QED) is 0.685. The maximum absolute atomic E-state index is 14.2. The Balaban J connectivity index is 2.16. The second-order valence-electron chi connectivity index (χ2n) is 8.06. The molecule has 0 atom stereocenters. The lowest BCUT2D eigenvalue weighted by molar-refractivity contribution is -0.137. The summed E-state index contributed by atoms with van der Waals surface area (Å²) in [5, 5.41) is 9.33. The number of hydrogen-bond donors (Lipinski definition) is 1. The van der Waals surface area contributed by atoms with Crippen LogP contribution in [0, 0.1) is 13.8 Å². The van der Waals surface area contributed by atoms with Crippen molar-refractivity contribution in [3.8, 4) is 0 Å². The van der Waals surface area contributed by atoms with E-state index >= 15 is 0 Å². The van der Waals surface area contributed by atoms with Gasteiger partial charge in [0.2, 0.25) is 10.0 Å². The number of aliphatic carboxylic acids is 1. The van der Waals surface area contributed by atoms with Gasteiger partial charge in [0.1, 0.15) is 12.4 Å². The van der Waals surface area contributed by atoms with Crippen molar-refractivity contribution in [1.82, 2.24) is 8.87 Å². The minimum absolute atomic E-state index is 0.239. The Labute approximate surface area is 183 Å². The SMILES string of the molecule is CC(F)=C(C)c1c(Cc2ccccc2S(=O)(=O)N2CCCC2)c(C)n(CC(=O)O)c1C. The van der Waals surface area contributed by atoms with Gasteiger partial charge in [-0.1, -0.05) is 18.2 Å². The van der Waals surface area contributed by atoms with Gasteiger partial charge in [-0.05, 0) is 63.3 Å². The summed E-state index contributed by atoms with van der Waals surface area (Å²) in [7, 11) is -3.63. The molecule has 1 aromatic carbocycles. The fourth-order valence-electron chi connectivity index (χ4n) is 4.37. The van der Waals surface area contributed by atoms with Crippen LogP contribution in [0.4, 0.5) is 4.39 Å². The number of carboxylic acid groups (broad SMARTS) is 1. The number of nitrogens with zero attached hydrogens (tertiary/aromatic N) is 2. The molecule has 31 heavy (non-hydrogen) atoms. The Morgan fingerprint density at radius 1 is 1.10 bits per heavy atom. The van der Waals surface area contributed by atoms with Crippen molar-refractivity contribution in [2.75, 3.05) is 13.1 Å². The zero-order valence-corrected chi connectivity index (χ0v) is 19.2. The van der Waals surface area contributed by atoms with Gasteiger partial charge >= 0.3 is 5.97 Å². The van der Waals surface area contributed by atoms with Gasteiger partial charge in [-0.3, -0.25) is 4.79 Å². The molecule has 1 saturated heterocycles. The van der Waals surface area contributed by atoms with Crippen LogP contribution >= 0.6 is 0 Å². The highest BCUT2D eigenvalue weighted by Crippen LogP contribution is 2.34. The van der Waals surface area contributed by atoms with Crippen molar-refractivity contribution in [1.29, 1.82) is 0 Å². The molecule has 0 unspecified atom stereocenters. The summed E-state index contributed by atoms with van der Waals surface area (Å²) in [5.41, 5.74) is 3.80. The molecular weight excluding hydrogens is 419 g/mol. The number of aromatic nitrogens is 1. The minimum atomic E-state index is -3.63. The van der Waals surface area contributed by atoms with Gasteiger partial charge < -0.3 is 9.67 Å². The van der Waals surface area contributed by atoms with Crippen molar-refractivity contribution >= 4 is 21.6 Å². The van der Waals surface area contributed by atoms with E-state index in [1.165, 1.54) is 11.2 Å². The van der Waals surface area contributed by atoms with Crippen molar-refractivity contribution in [3.05, 3.63) is 58.2 Å². The van der Waals surface area contributed by atoms with E-state index in [0.29, 0.717) is 41.2 Å². The van der Waals surface area contributed by atoms with E-state index in [-0.39, 0.29) is 23.7 Å². The molecule has 0 spiro atoms. The number of carbonyl (C=O) groups is 1. The average Bonchev–Trinajstić information content (AvgIpc) is 3.32. The van der Waals surface area contributed by atoms with Crippen LogP contribution in [0.2, 0.25) is 0 Å². The standard InChI is InChI=1S/C23H29FN2O4S/c1-15(16(2)24)23-18(4)26(14-22(27)28)17(3)20(23)13-19-9-5-6-10-21(19)31(29,30)25-11-7-8-12-25/h5-6,9-10H,7-8,11-14H2,1-4H3,(H,27,28). The average molecular weight is 449 g/mol. The monoisotopic (exact) mass is 448 g/mol. The zero-order chi connectivity index (χ0) is 22.9. The molecule has 0 radical (unpaired) electrons. The largest absolute Gasteiger partial charge is 0.480 e. The molecule has 1 aliphatic rings. The topological polar surface area (TPSA) is 79.6 Å². The highest BCUT2D eigenvalue weighted by atomic mass is 32.2. The summed E-state index contributed by atoms with van der Waals surface area (Å²) in [4.78, 5) is 11.7. The fourth-order valence-corrected chi connectivity index (χ4v) is 6.11. The molecule has 2 heterocycles. The molecule has 168 valence electrons. The summed E-state index contributed by atoms with van der Waals surface area (Å²) < 4.78 is 43.9. The number of hydrogen-bond acceptors (Lipinski definition) is 3. The van der Waals surface area contributed by atoms with Crippen LogP contribution < -0.4 is 0 Å². The number of benzene rings is 1. The Kier molecular flexibility index (Phi) is 6.71. The first-order valence-electron chi connectivity index (χ1n) is 10.4. The highest BCUT2D eigenvalue weighted by Gasteiger charge is 2.30. The minimum Gasteiger partial charge on any atom is -0.480 e. The van der Waals surface area contributed by atoms with Gasteiger partial charge in [0, 0.05) is 36.5 Å². The lowest BCUT2D eigenvalue weighted by atomic mass is 9.96. The van der Waals surface area contributed by atoms with Crippen LogP contribution in [0.15, 0.2) is 35.0 Å². The molecule has 1 aliphatic heterocycles. The second kappa shape index (κ2) is 8.96. The molecule has 6 nitrogen and oxygen atoms in total. The number of allylic oxidation sites excluding steroid dienone is 2. The fraction of sp³-hybridized carbons (Fsp3) is 0.435. The number of halogens is 1. The Morgan fingerprint density at radius 2 is 1.71 bits per heavy atom. The molecular formula is C23H29FN2O4S. The van der Waals surface area contributed by atoms with E-state index in [9.17, 15) is 22.7 Å². The van der Waals surface area contributed by atoms with E-state index in [1.54, 1.807) is 49.6 Å². The smallest absolute Gasteiger partial charge is 0.323 e. The third-order valence-electron chi connectivity index (χ3n) is 6.12. The first-order chi connectivity index (χ1) is 14.6. The van der Waals surface area contributed by atoms with Gasteiger partial charge in [0.15, 0.2) is 0 Å². The predicted molar refractivity (Wildman–Crippen MR) is 118 cm³/mol. The van der Waals surface area contributed by atoms with Crippen LogP contribution in [-0.2, 0) is 27.8 Å². The maximum Gasteiger partial charge on any atom is 0.323 e. The Bertz CT molecular complexity index is 1140. The van der Waals surface area contributed by atoms with Crippen molar-refractivity contribution in [3.63, 3.8) is 0 Å². The van der Waals surface area contributed by atoms with Crippen LogP contribution in [0.1, 0.15) is 54.8 Å². The molecule has 1 fully saturated rings. The lowest BCUT2D eigenvalue weighted by Crippen LogP contribution is -2.28. The molecule has 0 bridgehead atoms. The van der Waals surface area contributed by atoms with Crippen molar-refractivity contribution < 1.29 is 22.7 Å². The van der Waals surface area contributed by atoms with Gasteiger partial charge in [-0.2, -0.15) is 4.31 Å². The summed E-state index contributed by atoms with van der Waals surface area (Å²) >= 11 is 0. The van der Waals surface area contributed by atoms with E-state index in [2.05, 4.69) is 0 Å². The van der Waals surface area contributed by atoms with E-state index in [4.69, 9.17) is 0 Å². The third-order valence-corrected chi connectivity index (χ3v) is 8.12.